The number of likely N-dealkylation sites (tertiary alicyclic amines) is 1. The van der Waals surface area contributed by atoms with Crippen LogP contribution in [0, 0.1) is 6.92 Å². The minimum absolute atomic E-state index is 0. The highest BCUT2D eigenvalue weighted by molar-refractivity contribution is 14.0. The molecule has 1 saturated heterocycles. The van der Waals surface area contributed by atoms with E-state index in [1.165, 1.54) is 0 Å². The van der Waals surface area contributed by atoms with E-state index in [4.69, 9.17) is 4.74 Å². The first kappa shape index (κ1) is 25.4. The molecule has 2 aromatic rings. The van der Waals surface area contributed by atoms with Gasteiger partial charge in [0.25, 0.3) is 0 Å². The lowest BCUT2D eigenvalue weighted by Gasteiger charge is -2.34. The molecule has 0 atom stereocenters. The number of benzene rings is 2. The molecule has 2 aromatic carbocycles. The molecule has 3 rings (SSSR count). The van der Waals surface area contributed by atoms with Crippen LogP contribution in [-0.4, -0.2) is 58.6 Å². The highest BCUT2D eigenvalue weighted by Gasteiger charge is 2.22. The molecule has 0 aromatic heterocycles. The van der Waals surface area contributed by atoms with E-state index < -0.39 is 10.0 Å². The van der Waals surface area contributed by atoms with Gasteiger partial charge in [-0.05, 0) is 31.2 Å². The molecule has 170 valence electrons. The van der Waals surface area contributed by atoms with Gasteiger partial charge in [-0.15, -0.1) is 24.0 Å². The summed E-state index contributed by atoms with van der Waals surface area (Å²) in [4.78, 5) is 6.79. The maximum Gasteiger partial charge on any atom is 0.240 e. The summed E-state index contributed by atoms with van der Waals surface area (Å²) in [7, 11) is -1.76. The summed E-state index contributed by atoms with van der Waals surface area (Å²) in [5.41, 5.74) is 1.03. The molecule has 31 heavy (non-hydrogen) atoms. The number of para-hydroxylation sites is 1. The van der Waals surface area contributed by atoms with Gasteiger partial charge >= 0.3 is 0 Å². The van der Waals surface area contributed by atoms with E-state index in [0.717, 1.165) is 43.2 Å². The van der Waals surface area contributed by atoms with E-state index in [1.807, 2.05) is 37.3 Å². The first-order valence-corrected chi connectivity index (χ1v) is 11.7. The SMILES string of the molecule is CN=C(NCCNS(=O)(=O)c1ccc(C)cc1)N1CCC(Oc2ccccc2)CC1.I. The Bertz CT molecular complexity index is 929. The van der Waals surface area contributed by atoms with Crippen molar-refractivity contribution in [3.63, 3.8) is 0 Å². The van der Waals surface area contributed by atoms with Gasteiger partial charge in [0.05, 0.1) is 4.90 Å². The molecule has 1 aliphatic rings. The number of sulfonamides is 1. The number of nitrogens with one attached hydrogen (secondary N) is 2. The number of rotatable bonds is 7. The third-order valence-corrected chi connectivity index (χ3v) is 6.51. The van der Waals surface area contributed by atoms with Crippen LogP contribution in [0.3, 0.4) is 0 Å². The van der Waals surface area contributed by atoms with E-state index >= 15 is 0 Å². The van der Waals surface area contributed by atoms with Crippen LogP contribution in [0.25, 0.3) is 0 Å². The molecule has 7 nitrogen and oxygen atoms in total. The van der Waals surface area contributed by atoms with E-state index in [1.54, 1.807) is 31.3 Å². The summed E-state index contributed by atoms with van der Waals surface area (Å²) in [5.74, 6) is 1.68. The Morgan fingerprint density at radius 1 is 1.06 bits per heavy atom. The van der Waals surface area contributed by atoms with E-state index in [0.29, 0.717) is 6.54 Å². The lowest BCUT2D eigenvalue weighted by atomic mass is 10.1. The number of hydrogen-bond acceptors (Lipinski definition) is 4. The van der Waals surface area contributed by atoms with Crippen molar-refractivity contribution in [2.45, 2.75) is 30.8 Å². The number of aryl methyl sites for hydroxylation is 1. The van der Waals surface area contributed by atoms with Gasteiger partial charge in [-0.25, -0.2) is 13.1 Å². The van der Waals surface area contributed by atoms with Crippen molar-refractivity contribution in [1.82, 2.24) is 14.9 Å². The van der Waals surface area contributed by atoms with Crippen LogP contribution in [0.15, 0.2) is 64.5 Å². The summed E-state index contributed by atoms with van der Waals surface area (Å²) in [6.45, 7) is 4.34. The molecule has 0 radical (unpaired) electrons. The third-order valence-electron chi connectivity index (χ3n) is 5.03. The molecule has 0 unspecified atom stereocenters. The monoisotopic (exact) mass is 558 g/mol. The Labute approximate surface area is 202 Å². The molecular weight excluding hydrogens is 527 g/mol. The molecule has 0 spiro atoms. The molecule has 0 amide bonds. The van der Waals surface area contributed by atoms with Crippen LogP contribution in [0.4, 0.5) is 0 Å². The maximum atomic E-state index is 12.4. The van der Waals surface area contributed by atoms with Crippen molar-refractivity contribution in [2.24, 2.45) is 4.99 Å². The van der Waals surface area contributed by atoms with Gasteiger partial charge in [0.2, 0.25) is 10.0 Å². The van der Waals surface area contributed by atoms with Crippen LogP contribution >= 0.6 is 24.0 Å². The highest BCUT2D eigenvalue weighted by atomic mass is 127. The topological polar surface area (TPSA) is 83.0 Å². The average Bonchev–Trinajstić information content (AvgIpc) is 2.76. The normalized spacial score (nSPS) is 15.3. The van der Waals surface area contributed by atoms with Crippen molar-refractivity contribution >= 4 is 40.0 Å². The van der Waals surface area contributed by atoms with Gasteiger partial charge < -0.3 is 15.0 Å². The molecule has 1 aliphatic heterocycles. The van der Waals surface area contributed by atoms with Crippen LogP contribution in [-0.2, 0) is 10.0 Å². The van der Waals surface area contributed by atoms with Crippen molar-refractivity contribution in [3.8, 4) is 5.75 Å². The third kappa shape index (κ3) is 7.65. The number of nitrogens with zero attached hydrogens (tertiary/aromatic N) is 2. The van der Waals surface area contributed by atoms with Gasteiger partial charge in [-0.2, -0.15) is 0 Å². The van der Waals surface area contributed by atoms with Crippen LogP contribution in [0.2, 0.25) is 0 Å². The molecule has 9 heteroatoms. The van der Waals surface area contributed by atoms with Crippen molar-refractivity contribution in [2.75, 3.05) is 33.2 Å². The predicted octanol–water partition coefficient (Wildman–Crippen LogP) is 3.01. The molecule has 0 saturated carbocycles. The van der Waals surface area contributed by atoms with Gasteiger partial charge in [0, 0.05) is 46.1 Å². The first-order valence-electron chi connectivity index (χ1n) is 10.2. The fourth-order valence-corrected chi connectivity index (χ4v) is 4.40. The van der Waals surface area contributed by atoms with Crippen molar-refractivity contribution in [1.29, 1.82) is 0 Å². The second-order valence-electron chi connectivity index (χ2n) is 7.30. The fraction of sp³-hybridized carbons (Fsp3) is 0.409. The summed E-state index contributed by atoms with van der Waals surface area (Å²) >= 11 is 0. The van der Waals surface area contributed by atoms with Crippen LogP contribution in [0.1, 0.15) is 18.4 Å². The van der Waals surface area contributed by atoms with E-state index in [9.17, 15) is 8.42 Å². The highest BCUT2D eigenvalue weighted by Crippen LogP contribution is 2.18. The van der Waals surface area contributed by atoms with E-state index in [-0.39, 0.29) is 41.5 Å². The Balaban J connectivity index is 0.00000341. The molecule has 0 bridgehead atoms. The number of guanidine groups is 1. The second-order valence-corrected chi connectivity index (χ2v) is 9.07. The maximum absolute atomic E-state index is 12.4. The molecule has 1 heterocycles. The molecule has 2 N–H and O–H groups in total. The van der Waals surface area contributed by atoms with Gasteiger partial charge in [0.1, 0.15) is 11.9 Å². The standard InChI is InChI=1S/C22H30N4O3S.HI/c1-18-8-10-21(11-9-18)30(27,28)25-15-14-24-22(23-2)26-16-12-20(13-17-26)29-19-6-4-3-5-7-19;/h3-11,20,25H,12-17H2,1-2H3,(H,23,24);1H. The Hall–Kier alpha value is -1.85. The number of aliphatic imine (C=N–C) groups is 1. The quantitative estimate of drug-likeness (QED) is 0.236. The van der Waals surface area contributed by atoms with Crippen molar-refractivity contribution in [3.05, 3.63) is 60.2 Å². The fourth-order valence-electron chi connectivity index (χ4n) is 3.37. The number of ether oxygens (including phenoxy) is 1. The Kier molecular flexibility index (Phi) is 10.0. The summed E-state index contributed by atoms with van der Waals surface area (Å²) in [6.07, 6.45) is 2.02. The summed E-state index contributed by atoms with van der Waals surface area (Å²) in [6, 6.07) is 16.7. The minimum Gasteiger partial charge on any atom is -0.490 e. The largest absolute Gasteiger partial charge is 0.490 e. The zero-order valence-corrected chi connectivity index (χ0v) is 21.1. The molecule has 0 aliphatic carbocycles. The lowest BCUT2D eigenvalue weighted by Crippen LogP contribution is -2.48. The smallest absolute Gasteiger partial charge is 0.240 e. The second kappa shape index (κ2) is 12.3. The Morgan fingerprint density at radius 3 is 2.32 bits per heavy atom. The minimum atomic E-state index is -3.50. The number of halogens is 1. The number of piperidine rings is 1. The van der Waals surface area contributed by atoms with Crippen LogP contribution < -0.4 is 14.8 Å². The first-order chi connectivity index (χ1) is 14.5. The molecule has 1 fully saturated rings. The molecular formula is C22H31IN4O3S. The average molecular weight is 558 g/mol. The van der Waals surface area contributed by atoms with Crippen molar-refractivity contribution < 1.29 is 13.2 Å². The predicted molar refractivity (Wildman–Crippen MR) is 135 cm³/mol. The lowest BCUT2D eigenvalue weighted by molar-refractivity contribution is 0.129. The zero-order chi connectivity index (χ0) is 21.4. The number of hydrogen-bond donors (Lipinski definition) is 2. The van der Waals surface area contributed by atoms with E-state index in [2.05, 4.69) is 19.9 Å². The van der Waals surface area contributed by atoms with Crippen LogP contribution in [0.5, 0.6) is 5.75 Å². The summed E-state index contributed by atoms with van der Waals surface area (Å²) in [5, 5.41) is 3.24. The Morgan fingerprint density at radius 2 is 1.71 bits per heavy atom. The van der Waals surface area contributed by atoms with Gasteiger partial charge in [-0.1, -0.05) is 35.9 Å². The van der Waals surface area contributed by atoms with Gasteiger partial charge in [0.15, 0.2) is 5.96 Å². The summed E-state index contributed by atoms with van der Waals surface area (Å²) < 4.78 is 33.4. The van der Waals surface area contributed by atoms with Gasteiger partial charge in [-0.3, -0.25) is 4.99 Å². The zero-order valence-electron chi connectivity index (χ0n) is 18.0.